The molecule has 19 heavy (non-hydrogen) atoms. The molecular weight excluding hydrogens is 236 g/mol. The highest BCUT2D eigenvalue weighted by atomic mass is 16.2. The Hall–Kier alpha value is -1.35. The summed E-state index contributed by atoms with van der Waals surface area (Å²) in [5.41, 5.74) is 2.55. The minimum atomic E-state index is -0.0588. The lowest BCUT2D eigenvalue weighted by atomic mass is 9.90. The summed E-state index contributed by atoms with van der Waals surface area (Å²) in [6, 6.07) is 9.05. The number of nitrogens with zero attached hydrogens (tertiary/aromatic N) is 1. The van der Waals surface area contributed by atoms with Crippen molar-refractivity contribution in [3.8, 4) is 0 Å². The van der Waals surface area contributed by atoms with Crippen molar-refractivity contribution < 1.29 is 4.79 Å². The topological polar surface area (TPSA) is 32.3 Å². The Morgan fingerprint density at radius 2 is 1.95 bits per heavy atom. The Balaban J connectivity index is 1.86. The first kappa shape index (κ1) is 12.7. The largest absolute Gasteiger partial charge is 0.319 e. The lowest BCUT2D eigenvalue weighted by Crippen LogP contribution is -2.43. The van der Waals surface area contributed by atoms with Crippen molar-refractivity contribution >= 4 is 5.91 Å². The quantitative estimate of drug-likeness (QED) is 0.904. The Labute approximate surface area is 115 Å². The lowest BCUT2D eigenvalue weighted by molar-refractivity contribution is -0.133. The maximum atomic E-state index is 12.3. The Kier molecular flexibility index (Phi) is 3.31. The summed E-state index contributed by atoms with van der Waals surface area (Å²) < 4.78 is 0. The first-order valence-corrected chi connectivity index (χ1v) is 7.37. The normalized spacial score (nSPS) is 27.7. The zero-order valence-electron chi connectivity index (χ0n) is 11.7. The number of hydrogen-bond donors (Lipinski definition) is 1. The van der Waals surface area contributed by atoms with Crippen LogP contribution in [-0.4, -0.2) is 22.9 Å². The van der Waals surface area contributed by atoms with E-state index in [4.69, 9.17) is 0 Å². The molecule has 0 bridgehead atoms. The predicted molar refractivity (Wildman–Crippen MR) is 75.6 cm³/mol. The van der Waals surface area contributed by atoms with E-state index in [9.17, 15) is 4.79 Å². The molecule has 3 nitrogen and oxygen atoms in total. The number of benzene rings is 1. The van der Waals surface area contributed by atoms with Crippen LogP contribution in [0.3, 0.4) is 0 Å². The summed E-state index contributed by atoms with van der Waals surface area (Å²) in [5, 5.41) is 3.43. The number of carbonyl (C=O) groups excluding carboxylic acids is 1. The molecule has 1 amide bonds. The summed E-state index contributed by atoms with van der Waals surface area (Å²) in [6.07, 6.45) is 4.69. The molecule has 0 radical (unpaired) electrons. The van der Waals surface area contributed by atoms with Crippen LogP contribution >= 0.6 is 0 Å². The van der Waals surface area contributed by atoms with Gasteiger partial charge >= 0.3 is 0 Å². The second-order valence-corrected chi connectivity index (χ2v) is 5.72. The molecule has 1 heterocycles. The summed E-state index contributed by atoms with van der Waals surface area (Å²) in [5.74, 6) is 0.259. The van der Waals surface area contributed by atoms with Gasteiger partial charge in [0.05, 0.1) is 6.04 Å². The average molecular weight is 258 g/mol. The summed E-state index contributed by atoms with van der Waals surface area (Å²) in [7, 11) is 0. The molecular formula is C16H22N2O. The van der Waals surface area contributed by atoms with Gasteiger partial charge in [-0.25, -0.2) is 0 Å². The van der Waals surface area contributed by atoms with Crippen LogP contribution in [0.15, 0.2) is 24.3 Å². The van der Waals surface area contributed by atoms with Gasteiger partial charge in [-0.15, -0.1) is 0 Å². The van der Waals surface area contributed by atoms with Crippen molar-refractivity contribution in [2.75, 3.05) is 0 Å². The molecule has 2 aliphatic rings. The second kappa shape index (κ2) is 4.97. The Bertz CT molecular complexity index is 464. The van der Waals surface area contributed by atoms with Crippen LogP contribution in [0.4, 0.5) is 0 Å². The fourth-order valence-corrected chi connectivity index (χ4v) is 2.99. The van der Waals surface area contributed by atoms with Gasteiger partial charge in [0.15, 0.2) is 0 Å². The van der Waals surface area contributed by atoms with Crippen LogP contribution in [0.25, 0.3) is 0 Å². The molecule has 1 aliphatic carbocycles. The molecule has 3 heteroatoms. The van der Waals surface area contributed by atoms with E-state index in [1.807, 2.05) is 6.92 Å². The van der Waals surface area contributed by atoms with E-state index in [0.29, 0.717) is 6.04 Å². The highest BCUT2D eigenvalue weighted by molar-refractivity contribution is 5.84. The molecule has 2 atom stereocenters. The van der Waals surface area contributed by atoms with Gasteiger partial charge in [-0.2, -0.15) is 0 Å². The van der Waals surface area contributed by atoms with Crippen LogP contribution in [-0.2, 0) is 11.2 Å². The van der Waals surface area contributed by atoms with E-state index in [0.717, 1.165) is 19.3 Å². The van der Waals surface area contributed by atoms with Crippen LogP contribution in [0, 0.1) is 0 Å². The van der Waals surface area contributed by atoms with Gasteiger partial charge in [-0.05, 0) is 43.7 Å². The summed E-state index contributed by atoms with van der Waals surface area (Å²) in [6.45, 7) is 4.13. The van der Waals surface area contributed by atoms with Crippen molar-refractivity contribution in [1.82, 2.24) is 10.2 Å². The molecule has 0 spiro atoms. The second-order valence-electron chi connectivity index (χ2n) is 5.72. The van der Waals surface area contributed by atoms with Gasteiger partial charge in [0.25, 0.3) is 0 Å². The van der Waals surface area contributed by atoms with Crippen LogP contribution in [0.5, 0.6) is 0 Å². The maximum Gasteiger partial charge on any atom is 0.241 e. The first-order chi connectivity index (χ1) is 9.20. The lowest BCUT2D eigenvalue weighted by Gasteiger charge is -2.38. The van der Waals surface area contributed by atoms with Crippen molar-refractivity contribution in [1.29, 1.82) is 0 Å². The first-order valence-electron chi connectivity index (χ1n) is 7.37. The van der Waals surface area contributed by atoms with E-state index >= 15 is 0 Å². The van der Waals surface area contributed by atoms with Gasteiger partial charge in [0.1, 0.15) is 6.17 Å². The number of carbonyl (C=O) groups is 1. The number of rotatable bonds is 3. The third-order valence-corrected chi connectivity index (χ3v) is 4.48. The SMILES string of the molecule is CCc1ccc(C2NC(C)C(=O)N2C2CCC2)cc1. The third-order valence-electron chi connectivity index (χ3n) is 4.48. The van der Waals surface area contributed by atoms with Crippen LogP contribution in [0.2, 0.25) is 0 Å². The smallest absolute Gasteiger partial charge is 0.241 e. The molecule has 2 unspecified atom stereocenters. The molecule has 1 N–H and O–H groups in total. The van der Waals surface area contributed by atoms with Crippen LogP contribution < -0.4 is 5.32 Å². The van der Waals surface area contributed by atoms with Crippen molar-refractivity contribution in [3.63, 3.8) is 0 Å². The van der Waals surface area contributed by atoms with Gasteiger partial charge in [0.2, 0.25) is 5.91 Å². The molecule has 1 aliphatic heterocycles. The highest BCUT2D eigenvalue weighted by Crippen LogP contribution is 2.35. The van der Waals surface area contributed by atoms with E-state index in [1.54, 1.807) is 0 Å². The standard InChI is InChI=1S/C16H22N2O/c1-3-12-7-9-13(10-8-12)15-17-11(2)16(19)18(15)14-5-4-6-14/h7-11,14-15,17H,3-6H2,1-2H3. The predicted octanol–water partition coefficient (Wildman–Crippen LogP) is 2.62. The monoisotopic (exact) mass is 258 g/mol. The van der Waals surface area contributed by atoms with Crippen LogP contribution in [0.1, 0.15) is 50.4 Å². The molecule has 1 saturated carbocycles. The van der Waals surface area contributed by atoms with E-state index in [2.05, 4.69) is 41.4 Å². The Morgan fingerprint density at radius 3 is 2.47 bits per heavy atom. The molecule has 2 fully saturated rings. The minimum Gasteiger partial charge on any atom is -0.319 e. The van der Waals surface area contributed by atoms with E-state index in [1.165, 1.54) is 17.5 Å². The molecule has 3 rings (SSSR count). The average Bonchev–Trinajstić information content (AvgIpc) is 2.66. The highest BCUT2D eigenvalue weighted by Gasteiger charge is 2.42. The summed E-state index contributed by atoms with van der Waals surface area (Å²) in [4.78, 5) is 14.4. The zero-order chi connectivity index (χ0) is 13.4. The molecule has 1 saturated heterocycles. The summed E-state index contributed by atoms with van der Waals surface area (Å²) >= 11 is 0. The van der Waals surface area contributed by atoms with Gasteiger partial charge in [-0.1, -0.05) is 31.2 Å². The third kappa shape index (κ3) is 2.16. The molecule has 1 aromatic carbocycles. The fraction of sp³-hybridized carbons (Fsp3) is 0.562. The van der Waals surface area contributed by atoms with E-state index < -0.39 is 0 Å². The number of hydrogen-bond acceptors (Lipinski definition) is 2. The molecule has 1 aromatic rings. The van der Waals surface area contributed by atoms with Crippen molar-refractivity contribution in [2.24, 2.45) is 0 Å². The van der Waals surface area contributed by atoms with Gasteiger partial charge in [-0.3, -0.25) is 10.1 Å². The number of amides is 1. The molecule has 0 aromatic heterocycles. The van der Waals surface area contributed by atoms with Crippen molar-refractivity contribution in [2.45, 2.75) is 57.8 Å². The maximum absolute atomic E-state index is 12.3. The fourth-order valence-electron chi connectivity index (χ4n) is 2.99. The van der Waals surface area contributed by atoms with E-state index in [-0.39, 0.29) is 18.1 Å². The number of aryl methyl sites for hydroxylation is 1. The van der Waals surface area contributed by atoms with Gasteiger partial charge < -0.3 is 4.90 Å². The van der Waals surface area contributed by atoms with Crippen molar-refractivity contribution in [3.05, 3.63) is 35.4 Å². The number of nitrogens with one attached hydrogen (secondary N) is 1. The zero-order valence-corrected chi connectivity index (χ0v) is 11.7. The van der Waals surface area contributed by atoms with Gasteiger partial charge in [0, 0.05) is 6.04 Å². The Morgan fingerprint density at radius 1 is 1.26 bits per heavy atom. The minimum absolute atomic E-state index is 0.0588. The molecule has 102 valence electrons.